The Bertz CT molecular complexity index is 1150. The van der Waals surface area contributed by atoms with Crippen LogP contribution in [0.2, 0.25) is 0 Å². The number of ether oxygens (including phenoxy) is 2. The first-order chi connectivity index (χ1) is 18.1. The van der Waals surface area contributed by atoms with Gasteiger partial charge in [0.15, 0.2) is 0 Å². The molecule has 0 aliphatic carbocycles. The number of hydrogen-bond acceptors (Lipinski definition) is 7. The first-order valence-corrected chi connectivity index (χ1v) is 15.3. The SMILES string of the molecule is CC(C)(C)CC(=O)N(CCN1CCOCC1)Cc1cnc(S(=O)(=O)Cc2ccccc2)n1C[C@H]1CCCO1. The lowest BCUT2D eigenvalue weighted by molar-refractivity contribution is -0.134. The molecular formula is C28H42N4O5S. The molecule has 210 valence electrons. The third kappa shape index (κ3) is 8.11. The molecular weight excluding hydrogens is 504 g/mol. The molecule has 0 saturated carbocycles. The fourth-order valence-corrected chi connectivity index (χ4v) is 6.45. The van der Waals surface area contributed by atoms with Gasteiger partial charge in [-0.15, -0.1) is 0 Å². The van der Waals surface area contributed by atoms with E-state index in [-0.39, 0.29) is 28.3 Å². The number of benzene rings is 1. The first kappa shape index (κ1) is 28.7. The molecule has 4 rings (SSSR count). The van der Waals surface area contributed by atoms with Gasteiger partial charge in [-0.1, -0.05) is 51.1 Å². The molecule has 38 heavy (non-hydrogen) atoms. The topological polar surface area (TPSA) is 94.0 Å². The molecule has 0 N–H and O–H groups in total. The van der Waals surface area contributed by atoms with Gasteiger partial charge in [0.1, 0.15) is 0 Å². The summed E-state index contributed by atoms with van der Waals surface area (Å²) in [5.74, 6) is -0.0659. The van der Waals surface area contributed by atoms with Crippen molar-refractivity contribution in [2.24, 2.45) is 5.41 Å². The quantitative estimate of drug-likeness (QED) is 0.427. The van der Waals surface area contributed by atoms with E-state index in [0.29, 0.717) is 51.4 Å². The van der Waals surface area contributed by atoms with Gasteiger partial charge in [0.25, 0.3) is 0 Å². The van der Waals surface area contributed by atoms with Crippen LogP contribution in [-0.4, -0.2) is 85.8 Å². The van der Waals surface area contributed by atoms with Gasteiger partial charge >= 0.3 is 0 Å². The summed E-state index contributed by atoms with van der Waals surface area (Å²) in [5.41, 5.74) is 1.28. The number of rotatable bonds is 11. The molecule has 2 aromatic rings. The Morgan fingerprint density at radius 1 is 1.13 bits per heavy atom. The Morgan fingerprint density at radius 2 is 1.87 bits per heavy atom. The predicted molar refractivity (Wildman–Crippen MR) is 145 cm³/mol. The number of morpholine rings is 1. The Morgan fingerprint density at radius 3 is 2.53 bits per heavy atom. The number of aromatic nitrogens is 2. The second kappa shape index (κ2) is 12.7. The van der Waals surface area contributed by atoms with Gasteiger partial charge in [-0.05, 0) is 23.8 Å². The minimum Gasteiger partial charge on any atom is -0.379 e. The number of imidazole rings is 1. The zero-order valence-corrected chi connectivity index (χ0v) is 23.8. The fraction of sp³-hybridized carbons (Fsp3) is 0.643. The molecule has 0 bridgehead atoms. The van der Waals surface area contributed by atoms with E-state index in [2.05, 4.69) is 30.7 Å². The molecule has 3 heterocycles. The highest BCUT2D eigenvalue weighted by Crippen LogP contribution is 2.24. The normalized spacial score (nSPS) is 19.1. The second-order valence-electron chi connectivity index (χ2n) is 11.5. The van der Waals surface area contributed by atoms with Crippen molar-refractivity contribution in [3.8, 4) is 0 Å². The number of carbonyl (C=O) groups is 1. The van der Waals surface area contributed by atoms with Crippen LogP contribution >= 0.6 is 0 Å². The highest BCUT2D eigenvalue weighted by atomic mass is 32.2. The van der Waals surface area contributed by atoms with Crippen molar-refractivity contribution in [1.82, 2.24) is 19.4 Å². The van der Waals surface area contributed by atoms with Crippen LogP contribution in [0.5, 0.6) is 0 Å². The van der Waals surface area contributed by atoms with Gasteiger partial charge in [0.05, 0.1) is 50.1 Å². The van der Waals surface area contributed by atoms with Crippen LogP contribution in [0.25, 0.3) is 0 Å². The van der Waals surface area contributed by atoms with Crippen molar-refractivity contribution in [3.63, 3.8) is 0 Å². The molecule has 2 aliphatic heterocycles. The number of nitrogens with zero attached hydrogens (tertiary/aromatic N) is 4. The van der Waals surface area contributed by atoms with E-state index in [1.165, 1.54) is 0 Å². The standard InChI is InChI=1S/C28H42N4O5S/c1-28(2,3)18-26(33)31(12-11-30-13-16-36-17-14-30)20-24-19-29-27(32(24)21-25-10-7-15-37-25)38(34,35)22-23-8-5-4-6-9-23/h4-6,8-9,19,25H,7,10-18,20-22H2,1-3H3/t25-/m1/s1. The maximum Gasteiger partial charge on any atom is 0.228 e. The molecule has 0 radical (unpaired) electrons. The molecule has 1 atom stereocenters. The highest BCUT2D eigenvalue weighted by Gasteiger charge is 2.29. The van der Waals surface area contributed by atoms with Crippen molar-refractivity contribution in [2.75, 3.05) is 46.0 Å². The Labute approximate surface area is 227 Å². The summed E-state index contributed by atoms with van der Waals surface area (Å²) in [6, 6.07) is 9.16. The number of sulfone groups is 1. The first-order valence-electron chi connectivity index (χ1n) is 13.6. The molecule has 10 heteroatoms. The van der Waals surface area contributed by atoms with E-state index >= 15 is 0 Å². The number of hydrogen-bond donors (Lipinski definition) is 0. The highest BCUT2D eigenvalue weighted by molar-refractivity contribution is 7.90. The van der Waals surface area contributed by atoms with Crippen LogP contribution in [0.1, 0.15) is 51.3 Å². The van der Waals surface area contributed by atoms with Crippen LogP contribution < -0.4 is 0 Å². The van der Waals surface area contributed by atoms with Gasteiger partial charge in [-0.25, -0.2) is 13.4 Å². The van der Waals surface area contributed by atoms with Crippen molar-refractivity contribution in [2.45, 2.75) is 70.1 Å². The summed E-state index contributed by atoms with van der Waals surface area (Å²) in [4.78, 5) is 22.0. The molecule has 0 unspecified atom stereocenters. The molecule has 1 aromatic heterocycles. The van der Waals surface area contributed by atoms with Crippen LogP contribution in [0.3, 0.4) is 0 Å². The second-order valence-corrected chi connectivity index (χ2v) is 13.4. The van der Waals surface area contributed by atoms with Crippen LogP contribution in [-0.2, 0) is 42.9 Å². The zero-order chi connectivity index (χ0) is 27.2. The average molecular weight is 547 g/mol. The Kier molecular flexibility index (Phi) is 9.62. The van der Waals surface area contributed by atoms with Crippen molar-refractivity contribution < 1.29 is 22.7 Å². The minimum absolute atomic E-state index is 0.0447. The Hall–Kier alpha value is -2.27. The third-order valence-corrected chi connectivity index (χ3v) is 8.56. The van der Waals surface area contributed by atoms with Crippen LogP contribution in [0, 0.1) is 5.41 Å². The van der Waals surface area contributed by atoms with E-state index in [1.54, 1.807) is 10.8 Å². The number of amides is 1. The van der Waals surface area contributed by atoms with Crippen molar-refractivity contribution in [1.29, 1.82) is 0 Å². The Balaban J connectivity index is 1.60. The summed E-state index contributed by atoms with van der Waals surface area (Å²) < 4.78 is 40.2. The molecule has 1 amide bonds. The van der Waals surface area contributed by atoms with Gasteiger partial charge in [-0.3, -0.25) is 9.69 Å². The lowest BCUT2D eigenvalue weighted by Gasteiger charge is -2.31. The fourth-order valence-electron chi connectivity index (χ4n) is 4.95. The summed E-state index contributed by atoms with van der Waals surface area (Å²) >= 11 is 0. The van der Waals surface area contributed by atoms with Gasteiger partial charge < -0.3 is 18.9 Å². The molecule has 0 spiro atoms. The largest absolute Gasteiger partial charge is 0.379 e. The smallest absolute Gasteiger partial charge is 0.228 e. The molecule has 2 aliphatic rings. The molecule has 1 aromatic carbocycles. The number of carbonyl (C=O) groups excluding carboxylic acids is 1. The predicted octanol–water partition coefficient (Wildman–Crippen LogP) is 3.13. The minimum atomic E-state index is -3.71. The monoisotopic (exact) mass is 546 g/mol. The van der Waals surface area contributed by atoms with E-state index in [0.717, 1.165) is 38.2 Å². The van der Waals surface area contributed by atoms with Crippen LogP contribution in [0.15, 0.2) is 41.7 Å². The lowest BCUT2D eigenvalue weighted by Crippen LogP contribution is -2.43. The van der Waals surface area contributed by atoms with E-state index < -0.39 is 9.84 Å². The molecule has 9 nitrogen and oxygen atoms in total. The third-order valence-electron chi connectivity index (χ3n) is 6.97. The van der Waals surface area contributed by atoms with Gasteiger partial charge in [0.2, 0.25) is 20.9 Å². The summed E-state index contributed by atoms with van der Waals surface area (Å²) in [6.07, 6.45) is 3.80. The van der Waals surface area contributed by atoms with E-state index in [4.69, 9.17) is 9.47 Å². The maximum absolute atomic E-state index is 13.5. The summed E-state index contributed by atoms with van der Waals surface area (Å²) in [6.45, 7) is 12.0. The van der Waals surface area contributed by atoms with Gasteiger partial charge in [0, 0.05) is 39.2 Å². The average Bonchev–Trinajstić information content (AvgIpc) is 3.52. The zero-order valence-electron chi connectivity index (χ0n) is 23.0. The van der Waals surface area contributed by atoms with Crippen molar-refractivity contribution in [3.05, 3.63) is 47.8 Å². The van der Waals surface area contributed by atoms with E-state index in [9.17, 15) is 13.2 Å². The maximum atomic E-state index is 13.5. The van der Waals surface area contributed by atoms with Crippen LogP contribution in [0.4, 0.5) is 0 Å². The molecule has 2 fully saturated rings. The summed E-state index contributed by atoms with van der Waals surface area (Å²) in [7, 11) is -3.71. The summed E-state index contributed by atoms with van der Waals surface area (Å²) in [5, 5.41) is 0.0447. The molecule has 2 saturated heterocycles. The van der Waals surface area contributed by atoms with Crippen molar-refractivity contribution >= 4 is 15.7 Å². The van der Waals surface area contributed by atoms with Gasteiger partial charge in [-0.2, -0.15) is 0 Å². The lowest BCUT2D eigenvalue weighted by atomic mass is 9.91. The van der Waals surface area contributed by atoms with E-state index in [1.807, 2.05) is 35.2 Å².